The summed E-state index contributed by atoms with van der Waals surface area (Å²) in [4.78, 5) is 6.32. The summed E-state index contributed by atoms with van der Waals surface area (Å²) < 4.78 is 21.8. The average Bonchev–Trinajstić information content (AvgIpc) is 3.07. The minimum absolute atomic E-state index is 0.352. The molecule has 0 aliphatic heterocycles. The van der Waals surface area contributed by atoms with Crippen molar-refractivity contribution >= 4 is 16.7 Å². The van der Waals surface area contributed by atoms with Crippen LogP contribution < -0.4 is 9.64 Å². The Bertz CT molecular complexity index is 1190. The van der Waals surface area contributed by atoms with Gasteiger partial charge in [-0.2, -0.15) is 10.2 Å². The molecule has 0 spiro atoms. The van der Waals surface area contributed by atoms with Crippen molar-refractivity contribution in [3.05, 3.63) is 65.5 Å². The van der Waals surface area contributed by atoms with E-state index < -0.39 is 5.82 Å². The van der Waals surface area contributed by atoms with E-state index in [1.165, 1.54) is 6.07 Å². The van der Waals surface area contributed by atoms with Gasteiger partial charge < -0.3 is 9.64 Å². The van der Waals surface area contributed by atoms with Crippen molar-refractivity contribution in [1.82, 2.24) is 25.0 Å². The number of nitrogens with zero attached hydrogens (tertiary/aromatic N) is 6. The molecule has 3 aromatic heterocycles. The number of hydrogen-bond donors (Lipinski definition) is 0. The zero-order valence-corrected chi connectivity index (χ0v) is 17.4. The number of anilines is 1. The number of ether oxygens (including phenoxy) is 1. The molecular weight excluding hydrogens is 383 g/mol. The topological polar surface area (TPSA) is 69.0 Å². The highest BCUT2D eigenvalue weighted by molar-refractivity contribution is 5.92. The molecule has 7 nitrogen and oxygen atoms in total. The molecule has 1 aromatic carbocycles. The third-order valence-corrected chi connectivity index (χ3v) is 4.93. The van der Waals surface area contributed by atoms with E-state index in [1.807, 2.05) is 50.9 Å². The van der Waals surface area contributed by atoms with E-state index in [9.17, 15) is 4.39 Å². The van der Waals surface area contributed by atoms with Gasteiger partial charge in [0, 0.05) is 19.3 Å². The van der Waals surface area contributed by atoms with E-state index >= 15 is 0 Å². The van der Waals surface area contributed by atoms with Gasteiger partial charge in [0.2, 0.25) is 0 Å². The van der Waals surface area contributed by atoms with Crippen LogP contribution in [0, 0.1) is 19.7 Å². The number of benzene rings is 1. The van der Waals surface area contributed by atoms with E-state index in [0.29, 0.717) is 35.9 Å². The van der Waals surface area contributed by atoms with Crippen LogP contribution in [0.5, 0.6) is 5.75 Å². The molecule has 0 aliphatic rings. The second-order valence-electron chi connectivity index (χ2n) is 7.05. The van der Waals surface area contributed by atoms with Crippen LogP contribution in [0.1, 0.15) is 24.0 Å². The van der Waals surface area contributed by atoms with Crippen LogP contribution >= 0.6 is 0 Å². The largest absolute Gasteiger partial charge is 0.494 e. The van der Waals surface area contributed by atoms with Gasteiger partial charge in [0.15, 0.2) is 11.6 Å². The molecule has 0 fully saturated rings. The van der Waals surface area contributed by atoms with Gasteiger partial charge in [-0.1, -0.05) is 6.07 Å². The first-order valence-electron chi connectivity index (χ1n) is 9.76. The summed E-state index contributed by atoms with van der Waals surface area (Å²) in [6.07, 6.45) is 1.76. The predicted octanol–water partition coefficient (Wildman–Crippen LogP) is 4.00. The molecule has 0 N–H and O–H groups in total. The van der Waals surface area contributed by atoms with Crippen molar-refractivity contribution in [2.45, 2.75) is 27.3 Å². The molecule has 0 atom stereocenters. The van der Waals surface area contributed by atoms with Crippen molar-refractivity contribution in [2.24, 2.45) is 0 Å². The lowest BCUT2D eigenvalue weighted by atomic mass is 10.2. The normalized spacial score (nSPS) is 11.1. The van der Waals surface area contributed by atoms with E-state index in [-0.39, 0.29) is 0 Å². The van der Waals surface area contributed by atoms with Crippen LogP contribution in [-0.2, 0) is 6.54 Å². The van der Waals surface area contributed by atoms with Crippen LogP contribution in [0.25, 0.3) is 16.6 Å². The summed E-state index contributed by atoms with van der Waals surface area (Å²) in [6.45, 7) is 6.68. The van der Waals surface area contributed by atoms with E-state index in [0.717, 1.165) is 22.5 Å². The van der Waals surface area contributed by atoms with Gasteiger partial charge in [-0.3, -0.25) is 4.98 Å². The fourth-order valence-electron chi connectivity index (χ4n) is 3.53. The Labute approximate surface area is 174 Å². The maximum absolute atomic E-state index is 14.8. The molecule has 0 bridgehead atoms. The highest BCUT2D eigenvalue weighted by Gasteiger charge is 2.21. The summed E-state index contributed by atoms with van der Waals surface area (Å²) >= 11 is 0. The fourth-order valence-corrected chi connectivity index (χ4v) is 3.53. The Morgan fingerprint density at radius 1 is 1.13 bits per heavy atom. The summed E-state index contributed by atoms with van der Waals surface area (Å²) in [5.74, 6) is 0.705. The second kappa shape index (κ2) is 8.06. The number of halogens is 1. The quantitative estimate of drug-likeness (QED) is 0.482. The number of pyridine rings is 1. The first-order chi connectivity index (χ1) is 14.5. The van der Waals surface area contributed by atoms with Crippen molar-refractivity contribution < 1.29 is 9.13 Å². The van der Waals surface area contributed by atoms with Crippen molar-refractivity contribution in [1.29, 1.82) is 0 Å². The van der Waals surface area contributed by atoms with Crippen LogP contribution in [-0.4, -0.2) is 38.6 Å². The van der Waals surface area contributed by atoms with Gasteiger partial charge >= 0.3 is 0 Å². The van der Waals surface area contributed by atoms with E-state index in [1.54, 1.807) is 23.0 Å². The van der Waals surface area contributed by atoms with Crippen LogP contribution in [0.4, 0.5) is 10.2 Å². The molecule has 0 saturated carbocycles. The highest BCUT2D eigenvalue weighted by Crippen LogP contribution is 2.30. The lowest BCUT2D eigenvalue weighted by Gasteiger charge is -2.17. The predicted molar refractivity (Wildman–Crippen MR) is 114 cm³/mol. The van der Waals surface area contributed by atoms with Crippen molar-refractivity contribution in [3.63, 3.8) is 0 Å². The molecule has 0 aliphatic carbocycles. The number of rotatable bonds is 6. The van der Waals surface area contributed by atoms with Gasteiger partial charge in [0.25, 0.3) is 0 Å². The third-order valence-electron chi connectivity index (χ3n) is 4.93. The number of hydrogen-bond acceptors (Lipinski definition) is 6. The zero-order valence-electron chi connectivity index (χ0n) is 17.4. The minimum atomic E-state index is -0.404. The molecule has 3 heterocycles. The van der Waals surface area contributed by atoms with Crippen LogP contribution in [0.2, 0.25) is 0 Å². The SMILES string of the molecule is CCOc1ccc(-n2nc3c(N(C)Cc4ccccn4)nnc(C)c3c2C)c(F)c1. The Hall–Kier alpha value is -3.55. The van der Waals surface area contributed by atoms with E-state index in [4.69, 9.17) is 9.84 Å². The van der Waals surface area contributed by atoms with Crippen molar-refractivity contribution in [3.8, 4) is 11.4 Å². The fraction of sp³-hybridized carbons (Fsp3) is 0.273. The molecular formula is C22H23FN6O. The lowest BCUT2D eigenvalue weighted by Crippen LogP contribution is -2.19. The van der Waals surface area contributed by atoms with Gasteiger partial charge in [-0.25, -0.2) is 9.07 Å². The Kier molecular flexibility index (Phi) is 5.31. The molecule has 0 unspecified atom stereocenters. The summed E-state index contributed by atoms with van der Waals surface area (Å²) in [7, 11) is 1.92. The number of aryl methyl sites for hydroxylation is 2. The summed E-state index contributed by atoms with van der Waals surface area (Å²) in [6, 6.07) is 10.6. The Morgan fingerprint density at radius 2 is 1.97 bits per heavy atom. The number of fused-ring (bicyclic) bond motifs is 1. The smallest absolute Gasteiger partial charge is 0.179 e. The van der Waals surface area contributed by atoms with Gasteiger partial charge in [0.05, 0.1) is 35.6 Å². The van der Waals surface area contributed by atoms with Crippen molar-refractivity contribution in [2.75, 3.05) is 18.6 Å². The summed E-state index contributed by atoms with van der Waals surface area (Å²) in [5, 5.41) is 14.3. The monoisotopic (exact) mass is 406 g/mol. The molecule has 0 radical (unpaired) electrons. The third kappa shape index (κ3) is 3.56. The molecule has 4 rings (SSSR count). The van der Waals surface area contributed by atoms with E-state index in [2.05, 4.69) is 15.2 Å². The average molecular weight is 406 g/mol. The maximum Gasteiger partial charge on any atom is 0.179 e. The Morgan fingerprint density at radius 3 is 2.67 bits per heavy atom. The standard InChI is InChI=1S/C22H23FN6O/c1-5-30-17-9-10-19(18(23)12-17)29-15(3)20-14(2)25-26-22(21(20)27-29)28(4)13-16-8-6-7-11-24-16/h6-12H,5,13H2,1-4H3. The molecule has 30 heavy (non-hydrogen) atoms. The van der Waals surface area contributed by atoms with Gasteiger partial charge in [-0.15, -0.1) is 5.10 Å². The van der Waals surface area contributed by atoms with Gasteiger partial charge in [-0.05, 0) is 45.0 Å². The first-order valence-corrected chi connectivity index (χ1v) is 9.76. The summed E-state index contributed by atoms with van der Waals surface area (Å²) in [5.41, 5.74) is 3.48. The highest BCUT2D eigenvalue weighted by atomic mass is 19.1. The van der Waals surface area contributed by atoms with Crippen LogP contribution in [0.3, 0.4) is 0 Å². The van der Waals surface area contributed by atoms with Crippen LogP contribution in [0.15, 0.2) is 42.6 Å². The molecule has 0 saturated heterocycles. The molecule has 0 amide bonds. The molecule has 8 heteroatoms. The molecule has 154 valence electrons. The maximum atomic E-state index is 14.8. The zero-order chi connectivity index (χ0) is 21.3. The minimum Gasteiger partial charge on any atom is -0.494 e. The Balaban J connectivity index is 1.80. The molecule has 4 aromatic rings. The van der Waals surface area contributed by atoms with Gasteiger partial charge in [0.1, 0.15) is 17.0 Å². The number of aromatic nitrogens is 5. The second-order valence-corrected chi connectivity index (χ2v) is 7.05. The first kappa shape index (κ1) is 19.8. The lowest BCUT2D eigenvalue weighted by molar-refractivity contribution is 0.338.